The molecule has 8 nitrogen and oxygen atoms in total. The fraction of sp³-hybridized carbons (Fsp3) is 0.591. The van der Waals surface area contributed by atoms with Crippen LogP contribution < -0.4 is 16.4 Å². The van der Waals surface area contributed by atoms with Gasteiger partial charge in [-0.2, -0.15) is 0 Å². The number of amides is 3. The van der Waals surface area contributed by atoms with E-state index in [2.05, 4.69) is 10.6 Å². The molecule has 1 aliphatic heterocycles. The molecule has 0 spiro atoms. The van der Waals surface area contributed by atoms with Crippen LogP contribution in [0.3, 0.4) is 0 Å². The Morgan fingerprint density at radius 1 is 1.07 bits per heavy atom. The Bertz CT molecular complexity index is 713. The summed E-state index contributed by atoms with van der Waals surface area (Å²) in [4.78, 5) is 38.2. The summed E-state index contributed by atoms with van der Waals surface area (Å²) < 4.78 is 5.09. The van der Waals surface area contributed by atoms with Gasteiger partial charge in [0.05, 0.1) is 6.04 Å². The molecule has 1 heterocycles. The predicted molar refractivity (Wildman–Crippen MR) is 112 cm³/mol. The summed E-state index contributed by atoms with van der Waals surface area (Å²) in [6.07, 6.45) is 4.71. The van der Waals surface area contributed by atoms with Gasteiger partial charge in [0.25, 0.3) is 0 Å². The van der Waals surface area contributed by atoms with Crippen molar-refractivity contribution in [1.29, 1.82) is 0 Å². The fourth-order valence-corrected chi connectivity index (χ4v) is 4.18. The molecular weight excluding hydrogens is 384 g/mol. The Morgan fingerprint density at radius 3 is 2.40 bits per heavy atom. The lowest BCUT2D eigenvalue weighted by Crippen LogP contribution is -2.49. The van der Waals surface area contributed by atoms with Gasteiger partial charge in [-0.3, -0.25) is 9.59 Å². The van der Waals surface area contributed by atoms with Crippen molar-refractivity contribution in [2.24, 2.45) is 11.7 Å². The summed E-state index contributed by atoms with van der Waals surface area (Å²) in [7, 11) is 0. The number of alkyl carbamates (subject to hydrolysis) is 1. The number of carbonyl (C=O) groups excluding carboxylic acids is 3. The van der Waals surface area contributed by atoms with E-state index in [1.165, 1.54) is 0 Å². The quantitative estimate of drug-likeness (QED) is 0.624. The normalized spacial score (nSPS) is 22.2. The van der Waals surface area contributed by atoms with Gasteiger partial charge in [0.1, 0.15) is 13.2 Å². The Kier molecular flexibility index (Phi) is 8.07. The first-order valence-electron chi connectivity index (χ1n) is 10.8. The van der Waals surface area contributed by atoms with E-state index < -0.39 is 12.1 Å². The molecule has 1 saturated heterocycles. The van der Waals surface area contributed by atoms with Gasteiger partial charge in [-0.25, -0.2) is 4.79 Å². The van der Waals surface area contributed by atoms with Crippen LogP contribution in [-0.4, -0.2) is 54.5 Å². The molecular formula is C22H32N4O4. The van der Waals surface area contributed by atoms with E-state index in [0.717, 1.165) is 57.2 Å². The van der Waals surface area contributed by atoms with Gasteiger partial charge in [0.2, 0.25) is 11.8 Å². The SMILES string of the molecule is N[C@H](C(=O)N1CCCC1)[C@H]1CC[C@@H](NC(=O)CNC(=O)OCc2ccccc2)CC1. The van der Waals surface area contributed by atoms with E-state index in [0.29, 0.717) is 0 Å². The molecule has 2 fully saturated rings. The van der Waals surface area contributed by atoms with Crippen molar-refractivity contribution in [2.75, 3.05) is 19.6 Å². The van der Waals surface area contributed by atoms with Gasteiger partial charge in [-0.1, -0.05) is 30.3 Å². The number of nitrogens with zero attached hydrogens (tertiary/aromatic N) is 1. The average Bonchev–Trinajstić information content (AvgIpc) is 3.31. The van der Waals surface area contributed by atoms with E-state index >= 15 is 0 Å². The third kappa shape index (κ3) is 6.45. The lowest BCUT2D eigenvalue weighted by molar-refractivity contribution is -0.133. The number of likely N-dealkylation sites (tertiary alicyclic amines) is 1. The van der Waals surface area contributed by atoms with E-state index in [4.69, 9.17) is 10.5 Å². The average molecular weight is 417 g/mol. The minimum Gasteiger partial charge on any atom is -0.445 e. The van der Waals surface area contributed by atoms with E-state index in [1.54, 1.807) is 0 Å². The topological polar surface area (TPSA) is 114 Å². The lowest BCUT2D eigenvalue weighted by Gasteiger charge is -2.33. The highest BCUT2D eigenvalue weighted by atomic mass is 16.5. The zero-order valence-corrected chi connectivity index (χ0v) is 17.3. The molecule has 0 radical (unpaired) electrons. The highest BCUT2D eigenvalue weighted by Gasteiger charge is 2.33. The van der Waals surface area contributed by atoms with Crippen molar-refractivity contribution >= 4 is 17.9 Å². The first-order valence-corrected chi connectivity index (χ1v) is 10.8. The second kappa shape index (κ2) is 11.0. The molecule has 0 unspecified atom stereocenters. The van der Waals surface area contributed by atoms with Crippen LogP contribution in [0.1, 0.15) is 44.1 Å². The van der Waals surface area contributed by atoms with E-state index in [-0.39, 0.29) is 36.9 Å². The number of nitrogens with two attached hydrogens (primary N) is 1. The molecule has 164 valence electrons. The summed E-state index contributed by atoms with van der Waals surface area (Å²) in [5.74, 6) is -0.0110. The van der Waals surface area contributed by atoms with Crippen molar-refractivity contribution in [3.05, 3.63) is 35.9 Å². The van der Waals surface area contributed by atoms with Gasteiger partial charge in [0.15, 0.2) is 0 Å². The van der Waals surface area contributed by atoms with Gasteiger partial charge in [0, 0.05) is 19.1 Å². The Balaban J connectivity index is 1.31. The minimum atomic E-state index is -0.621. The maximum atomic E-state index is 12.5. The number of nitrogens with one attached hydrogen (secondary N) is 2. The smallest absolute Gasteiger partial charge is 0.407 e. The van der Waals surface area contributed by atoms with Crippen LogP contribution in [0.2, 0.25) is 0 Å². The van der Waals surface area contributed by atoms with E-state index in [9.17, 15) is 14.4 Å². The molecule has 1 aromatic carbocycles. The zero-order chi connectivity index (χ0) is 21.3. The summed E-state index contributed by atoms with van der Waals surface area (Å²) in [5, 5.41) is 5.42. The molecule has 1 aliphatic carbocycles. The van der Waals surface area contributed by atoms with Crippen molar-refractivity contribution in [2.45, 2.75) is 57.2 Å². The van der Waals surface area contributed by atoms with Crippen molar-refractivity contribution < 1.29 is 19.1 Å². The second-order valence-corrected chi connectivity index (χ2v) is 8.15. The molecule has 4 N–H and O–H groups in total. The van der Waals surface area contributed by atoms with Gasteiger partial charge >= 0.3 is 6.09 Å². The van der Waals surface area contributed by atoms with E-state index in [1.807, 2.05) is 35.2 Å². The molecule has 1 atom stereocenters. The largest absolute Gasteiger partial charge is 0.445 e. The number of hydrogen-bond donors (Lipinski definition) is 3. The van der Waals surface area contributed by atoms with Crippen LogP contribution in [0.5, 0.6) is 0 Å². The van der Waals surface area contributed by atoms with Gasteiger partial charge in [-0.15, -0.1) is 0 Å². The first-order chi connectivity index (χ1) is 14.5. The molecule has 0 aromatic heterocycles. The summed E-state index contributed by atoms with van der Waals surface area (Å²) in [6, 6.07) is 8.95. The Labute approximate surface area is 177 Å². The minimum absolute atomic E-state index is 0.0463. The number of ether oxygens (including phenoxy) is 1. The number of benzene rings is 1. The zero-order valence-electron chi connectivity index (χ0n) is 17.3. The molecule has 3 amide bonds. The van der Waals surface area contributed by atoms with Crippen LogP contribution in [0.4, 0.5) is 4.79 Å². The molecule has 2 aliphatic rings. The molecule has 1 aromatic rings. The summed E-state index contributed by atoms with van der Waals surface area (Å²) in [6.45, 7) is 1.67. The highest BCUT2D eigenvalue weighted by molar-refractivity contribution is 5.83. The molecule has 30 heavy (non-hydrogen) atoms. The Hall–Kier alpha value is -2.61. The lowest BCUT2D eigenvalue weighted by atomic mass is 9.81. The number of hydrogen-bond acceptors (Lipinski definition) is 5. The van der Waals surface area contributed by atoms with Crippen molar-refractivity contribution in [1.82, 2.24) is 15.5 Å². The van der Waals surface area contributed by atoms with Crippen LogP contribution in [0.25, 0.3) is 0 Å². The standard InChI is InChI=1S/C22H32N4O4/c23-20(21(28)26-12-4-5-13-26)17-8-10-18(11-9-17)25-19(27)14-24-22(29)30-15-16-6-2-1-3-7-16/h1-3,6-7,17-18,20H,4-5,8-15,23H2,(H,24,29)(H,25,27)/t17-,18+,20-/m0/s1. The molecule has 1 saturated carbocycles. The molecule has 8 heteroatoms. The van der Waals surface area contributed by atoms with Crippen LogP contribution in [0, 0.1) is 5.92 Å². The maximum absolute atomic E-state index is 12.5. The molecule has 0 bridgehead atoms. The third-order valence-electron chi connectivity index (χ3n) is 5.95. The monoisotopic (exact) mass is 416 g/mol. The highest BCUT2D eigenvalue weighted by Crippen LogP contribution is 2.27. The predicted octanol–water partition coefficient (Wildman–Crippen LogP) is 1.54. The van der Waals surface area contributed by atoms with Crippen LogP contribution >= 0.6 is 0 Å². The number of rotatable bonds is 7. The van der Waals surface area contributed by atoms with Crippen LogP contribution in [0.15, 0.2) is 30.3 Å². The second-order valence-electron chi connectivity index (χ2n) is 8.15. The van der Waals surface area contributed by atoms with Crippen molar-refractivity contribution in [3.8, 4) is 0 Å². The van der Waals surface area contributed by atoms with Crippen molar-refractivity contribution in [3.63, 3.8) is 0 Å². The fourth-order valence-electron chi connectivity index (χ4n) is 4.18. The van der Waals surface area contributed by atoms with Gasteiger partial charge < -0.3 is 26.0 Å². The first kappa shape index (κ1) is 22.1. The summed E-state index contributed by atoms with van der Waals surface area (Å²) in [5.41, 5.74) is 7.11. The van der Waals surface area contributed by atoms with Crippen LogP contribution in [-0.2, 0) is 20.9 Å². The third-order valence-corrected chi connectivity index (χ3v) is 5.95. The maximum Gasteiger partial charge on any atom is 0.407 e. The number of carbonyl (C=O) groups is 3. The van der Waals surface area contributed by atoms with Gasteiger partial charge in [-0.05, 0) is 50.0 Å². The molecule has 3 rings (SSSR count). The Morgan fingerprint density at radius 2 is 1.73 bits per heavy atom. The summed E-state index contributed by atoms with van der Waals surface area (Å²) >= 11 is 0.